The highest BCUT2D eigenvalue weighted by atomic mass is 16.5. The Morgan fingerprint density at radius 3 is 2.56 bits per heavy atom. The first-order valence-electron chi connectivity index (χ1n) is 8.38. The largest absolute Gasteiger partial charge is 0.455 e. The van der Waals surface area contributed by atoms with E-state index >= 15 is 0 Å². The van der Waals surface area contributed by atoms with Crippen LogP contribution in [0, 0.1) is 12.8 Å². The van der Waals surface area contributed by atoms with Crippen molar-refractivity contribution >= 4 is 23.5 Å². The van der Waals surface area contributed by atoms with Crippen LogP contribution in [0.3, 0.4) is 0 Å². The molecule has 0 saturated heterocycles. The molecule has 0 bridgehead atoms. The van der Waals surface area contributed by atoms with E-state index in [2.05, 4.69) is 5.32 Å². The summed E-state index contributed by atoms with van der Waals surface area (Å²) in [5, 5.41) is 2.72. The average Bonchev–Trinajstić information content (AvgIpc) is 2.62. The zero-order valence-electron chi connectivity index (χ0n) is 14.7. The predicted octanol–water partition coefficient (Wildman–Crippen LogP) is 2.29. The number of nitrogens with one attached hydrogen (secondary N) is 1. The summed E-state index contributed by atoms with van der Waals surface area (Å²) in [6.45, 7) is 1.52. The van der Waals surface area contributed by atoms with Gasteiger partial charge in [0.1, 0.15) is 0 Å². The van der Waals surface area contributed by atoms with Crippen molar-refractivity contribution in [1.29, 1.82) is 0 Å². The number of allylic oxidation sites excluding steroid dienone is 2. The third-order valence-electron chi connectivity index (χ3n) is 4.08. The van der Waals surface area contributed by atoms with E-state index in [4.69, 9.17) is 4.74 Å². The quantitative estimate of drug-likeness (QED) is 0.635. The van der Waals surface area contributed by atoms with Crippen LogP contribution in [-0.2, 0) is 19.1 Å². The molecule has 0 unspecified atom stereocenters. The first kappa shape index (κ1) is 18.7. The van der Waals surface area contributed by atoms with E-state index in [0.29, 0.717) is 12.1 Å². The second kappa shape index (κ2) is 9.01. The number of nitrogens with zero attached hydrogens (tertiary/aromatic N) is 1. The van der Waals surface area contributed by atoms with Gasteiger partial charge in [-0.15, -0.1) is 0 Å². The monoisotopic (exact) mass is 344 g/mol. The molecule has 1 aromatic rings. The van der Waals surface area contributed by atoms with E-state index in [0.717, 1.165) is 18.4 Å². The van der Waals surface area contributed by atoms with Gasteiger partial charge in [0.2, 0.25) is 5.91 Å². The van der Waals surface area contributed by atoms with Gasteiger partial charge >= 0.3 is 5.97 Å². The fraction of sp³-hybridized carbons (Fsp3) is 0.421. The highest BCUT2D eigenvalue weighted by Gasteiger charge is 2.22. The van der Waals surface area contributed by atoms with Gasteiger partial charge in [-0.1, -0.05) is 29.8 Å². The van der Waals surface area contributed by atoms with E-state index in [1.165, 1.54) is 11.9 Å². The molecule has 1 atom stereocenters. The fourth-order valence-corrected chi connectivity index (χ4v) is 2.51. The van der Waals surface area contributed by atoms with Crippen molar-refractivity contribution in [3.8, 4) is 0 Å². The normalized spacial score (nSPS) is 16.2. The van der Waals surface area contributed by atoms with Gasteiger partial charge in [-0.25, -0.2) is 0 Å². The van der Waals surface area contributed by atoms with Gasteiger partial charge in [0, 0.05) is 12.7 Å². The van der Waals surface area contributed by atoms with E-state index in [-0.39, 0.29) is 30.9 Å². The Morgan fingerprint density at radius 2 is 1.92 bits per heavy atom. The Kier molecular flexibility index (Phi) is 6.74. The summed E-state index contributed by atoms with van der Waals surface area (Å²) >= 11 is 0. The average molecular weight is 344 g/mol. The summed E-state index contributed by atoms with van der Waals surface area (Å²) in [6.07, 6.45) is 6.25. The number of aryl methyl sites for hydroxylation is 1. The lowest BCUT2D eigenvalue weighted by Gasteiger charge is -2.19. The van der Waals surface area contributed by atoms with Gasteiger partial charge < -0.3 is 15.0 Å². The minimum Gasteiger partial charge on any atom is -0.455 e. The van der Waals surface area contributed by atoms with Crippen molar-refractivity contribution in [1.82, 2.24) is 4.90 Å². The van der Waals surface area contributed by atoms with Crippen LogP contribution in [0.25, 0.3) is 0 Å². The molecule has 0 radical (unpaired) electrons. The van der Waals surface area contributed by atoms with Crippen molar-refractivity contribution in [2.24, 2.45) is 5.92 Å². The molecule has 0 spiro atoms. The Balaban J connectivity index is 1.73. The Hall–Kier alpha value is -2.63. The van der Waals surface area contributed by atoms with Crippen LogP contribution >= 0.6 is 0 Å². The van der Waals surface area contributed by atoms with Crippen molar-refractivity contribution in [2.75, 3.05) is 25.5 Å². The molecule has 0 aliphatic heterocycles. The molecule has 6 nitrogen and oxygen atoms in total. The third-order valence-corrected chi connectivity index (χ3v) is 4.08. The number of ether oxygens (including phenoxy) is 1. The van der Waals surface area contributed by atoms with Gasteiger partial charge in [0.25, 0.3) is 5.91 Å². The van der Waals surface area contributed by atoms with Gasteiger partial charge in [0.05, 0.1) is 12.5 Å². The van der Waals surface area contributed by atoms with Gasteiger partial charge in [0.15, 0.2) is 6.61 Å². The zero-order chi connectivity index (χ0) is 18.2. The highest BCUT2D eigenvalue weighted by molar-refractivity contribution is 5.94. The number of likely N-dealkylation sites (N-methyl/N-ethyl adjacent to an activating group) is 1. The van der Waals surface area contributed by atoms with Crippen molar-refractivity contribution < 1.29 is 19.1 Å². The van der Waals surface area contributed by atoms with E-state index in [1.807, 2.05) is 31.2 Å². The first-order chi connectivity index (χ1) is 12.0. The fourth-order valence-electron chi connectivity index (χ4n) is 2.51. The molecule has 0 saturated carbocycles. The van der Waals surface area contributed by atoms with Gasteiger partial charge in [-0.05, 0) is 38.3 Å². The third kappa shape index (κ3) is 6.06. The number of amides is 2. The van der Waals surface area contributed by atoms with Crippen LogP contribution in [0.5, 0.6) is 0 Å². The molecule has 2 amide bonds. The lowest BCUT2D eigenvalue weighted by Crippen LogP contribution is -2.38. The van der Waals surface area contributed by atoms with Gasteiger partial charge in [-0.2, -0.15) is 0 Å². The standard InChI is InChI=1S/C19H24N2O4/c1-14-8-10-16(11-9-14)20-17(22)12-21(2)18(23)13-25-19(24)15-6-4-3-5-7-15/h3-4,8-11,15H,5-7,12-13H2,1-2H3,(H,20,22)/t15-/m0/s1. The smallest absolute Gasteiger partial charge is 0.309 e. The number of esters is 1. The molecule has 1 aliphatic rings. The van der Waals surface area contributed by atoms with E-state index in [9.17, 15) is 14.4 Å². The summed E-state index contributed by atoms with van der Waals surface area (Å²) in [5.74, 6) is -1.23. The van der Waals surface area contributed by atoms with Crippen LogP contribution < -0.4 is 5.32 Å². The lowest BCUT2D eigenvalue weighted by molar-refractivity contribution is -0.155. The maximum Gasteiger partial charge on any atom is 0.309 e. The summed E-state index contributed by atoms with van der Waals surface area (Å²) in [5.41, 5.74) is 1.77. The number of hydrogen-bond donors (Lipinski definition) is 1. The summed E-state index contributed by atoms with van der Waals surface area (Å²) in [4.78, 5) is 37.2. The number of anilines is 1. The van der Waals surface area contributed by atoms with Crippen LogP contribution in [0.2, 0.25) is 0 Å². The summed E-state index contributed by atoms with van der Waals surface area (Å²) < 4.78 is 5.08. The molecule has 1 aliphatic carbocycles. The second-order valence-electron chi connectivity index (χ2n) is 6.25. The van der Waals surface area contributed by atoms with Gasteiger partial charge in [-0.3, -0.25) is 14.4 Å². The molecule has 1 N–H and O–H groups in total. The molecule has 25 heavy (non-hydrogen) atoms. The molecule has 2 rings (SSSR count). The molecule has 1 aromatic carbocycles. The first-order valence-corrected chi connectivity index (χ1v) is 8.38. The Labute approximate surface area is 147 Å². The Bertz CT molecular complexity index is 652. The minimum atomic E-state index is -0.404. The van der Waals surface area contributed by atoms with Crippen molar-refractivity contribution in [2.45, 2.75) is 26.2 Å². The number of benzene rings is 1. The maximum atomic E-state index is 12.0. The Morgan fingerprint density at radius 1 is 1.20 bits per heavy atom. The molecular formula is C19H24N2O4. The summed E-state index contributed by atoms with van der Waals surface area (Å²) in [7, 11) is 1.51. The highest BCUT2D eigenvalue weighted by Crippen LogP contribution is 2.19. The lowest BCUT2D eigenvalue weighted by atomic mass is 9.95. The zero-order valence-corrected chi connectivity index (χ0v) is 14.7. The molecule has 134 valence electrons. The van der Waals surface area contributed by atoms with Crippen LogP contribution in [0.15, 0.2) is 36.4 Å². The molecule has 6 heteroatoms. The predicted molar refractivity (Wildman–Crippen MR) is 94.9 cm³/mol. The van der Waals surface area contributed by atoms with Crippen LogP contribution in [0.1, 0.15) is 24.8 Å². The number of hydrogen-bond acceptors (Lipinski definition) is 4. The van der Waals surface area contributed by atoms with Crippen LogP contribution in [-0.4, -0.2) is 42.9 Å². The number of rotatable bonds is 6. The SMILES string of the molecule is Cc1ccc(NC(=O)CN(C)C(=O)COC(=O)[C@H]2CC=CCC2)cc1. The molecule has 0 fully saturated rings. The van der Waals surface area contributed by atoms with Crippen LogP contribution in [0.4, 0.5) is 5.69 Å². The second-order valence-corrected chi connectivity index (χ2v) is 6.25. The summed E-state index contributed by atoms with van der Waals surface area (Å²) in [6, 6.07) is 7.39. The van der Waals surface area contributed by atoms with Crippen molar-refractivity contribution in [3.05, 3.63) is 42.0 Å². The molecule has 0 aromatic heterocycles. The topological polar surface area (TPSA) is 75.7 Å². The van der Waals surface area contributed by atoms with Crippen molar-refractivity contribution in [3.63, 3.8) is 0 Å². The number of carbonyl (C=O) groups is 3. The number of carbonyl (C=O) groups excluding carboxylic acids is 3. The molecular weight excluding hydrogens is 320 g/mol. The maximum absolute atomic E-state index is 12.0. The van der Waals surface area contributed by atoms with E-state index in [1.54, 1.807) is 12.1 Å². The minimum absolute atomic E-state index is 0.101. The molecule has 0 heterocycles. The van der Waals surface area contributed by atoms with E-state index < -0.39 is 5.91 Å².